The second-order valence-electron chi connectivity index (χ2n) is 9.43. The highest BCUT2D eigenvalue weighted by Crippen LogP contribution is 2.44. The summed E-state index contributed by atoms with van der Waals surface area (Å²) in [5, 5.41) is 11.4. The van der Waals surface area contributed by atoms with Gasteiger partial charge in [-0.1, -0.05) is 41.9 Å². The predicted molar refractivity (Wildman–Crippen MR) is 142 cm³/mol. The summed E-state index contributed by atoms with van der Waals surface area (Å²) in [6.07, 6.45) is 0.393. The van der Waals surface area contributed by atoms with Gasteiger partial charge in [0.05, 0.1) is 11.1 Å². The van der Waals surface area contributed by atoms with Gasteiger partial charge >= 0.3 is 11.4 Å². The third kappa shape index (κ3) is 3.88. The summed E-state index contributed by atoms with van der Waals surface area (Å²) < 4.78 is 10.2. The molecule has 2 aromatic heterocycles. The zero-order valence-corrected chi connectivity index (χ0v) is 21.9. The Balaban J connectivity index is 1.74. The fraction of sp³-hybridized carbons (Fsp3) is 0.259. The van der Waals surface area contributed by atoms with Gasteiger partial charge in [0.1, 0.15) is 5.75 Å². The highest BCUT2D eigenvalue weighted by Gasteiger charge is 2.35. The summed E-state index contributed by atoms with van der Waals surface area (Å²) in [6.45, 7) is 0. The van der Waals surface area contributed by atoms with Crippen molar-refractivity contribution >= 4 is 11.6 Å². The van der Waals surface area contributed by atoms with Crippen molar-refractivity contribution in [2.45, 2.75) is 18.8 Å². The standard InChI is InChI=1S/C27H25ClN4O6/c1-29-22(33)18(23(34)30(2)26(29)36)13-17-16-12-14(11-15-7-5-6-8-19(15)28)9-10-20(16)38-25-21(17)24(35)31(3)27(37)32(25)4/h5-10,12,17,33H,11,13H2,1-4H3/t17-/m0/s1. The second kappa shape index (κ2) is 9.21. The minimum Gasteiger partial charge on any atom is -0.494 e. The summed E-state index contributed by atoms with van der Waals surface area (Å²) >= 11 is 6.37. The molecule has 4 aromatic rings. The molecule has 0 spiro atoms. The van der Waals surface area contributed by atoms with Crippen LogP contribution in [0.4, 0.5) is 0 Å². The molecule has 1 aliphatic heterocycles. The third-order valence-corrected chi connectivity index (χ3v) is 7.50. The Bertz CT molecular complexity index is 1860. The van der Waals surface area contributed by atoms with Gasteiger partial charge in [0.15, 0.2) is 0 Å². The molecule has 11 heteroatoms. The van der Waals surface area contributed by atoms with Crippen molar-refractivity contribution in [3.63, 3.8) is 0 Å². The molecular weight excluding hydrogens is 512 g/mol. The van der Waals surface area contributed by atoms with E-state index in [0.717, 1.165) is 24.8 Å². The number of benzene rings is 2. The van der Waals surface area contributed by atoms with Crippen molar-refractivity contribution in [2.75, 3.05) is 0 Å². The van der Waals surface area contributed by atoms with E-state index >= 15 is 0 Å². The fourth-order valence-corrected chi connectivity index (χ4v) is 5.17. The van der Waals surface area contributed by atoms with Gasteiger partial charge in [0.25, 0.3) is 11.1 Å². The maximum Gasteiger partial charge on any atom is 0.333 e. The highest BCUT2D eigenvalue weighted by molar-refractivity contribution is 6.31. The van der Waals surface area contributed by atoms with Crippen molar-refractivity contribution in [3.05, 3.63) is 117 Å². The van der Waals surface area contributed by atoms with Crippen molar-refractivity contribution in [1.82, 2.24) is 18.3 Å². The topological polar surface area (TPSA) is 117 Å². The Morgan fingerprint density at radius 3 is 2.24 bits per heavy atom. The lowest BCUT2D eigenvalue weighted by molar-refractivity contribution is 0.381. The number of fused-ring (bicyclic) bond motifs is 2. The van der Waals surface area contributed by atoms with Crippen LogP contribution in [0.15, 0.2) is 61.6 Å². The van der Waals surface area contributed by atoms with Crippen LogP contribution < -0.4 is 27.2 Å². The van der Waals surface area contributed by atoms with Crippen LogP contribution in [0.1, 0.15) is 33.7 Å². The van der Waals surface area contributed by atoms with Gasteiger partial charge in [0, 0.05) is 44.7 Å². The molecule has 0 fully saturated rings. The predicted octanol–water partition coefficient (Wildman–Crippen LogP) is 1.91. The maximum absolute atomic E-state index is 13.4. The number of hydrogen-bond acceptors (Lipinski definition) is 6. The molecule has 0 amide bonds. The summed E-state index contributed by atoms with van der Waals surface area (Å²) in [5.74, 6) is -0.770. The smallest absolute Gasteiger partial charge is 0.333 e. The molecule has 5 rings (SSSR count). The van der Waals surface area contributed by atoms with Crippen LogP contribution >= 0.6 is 11.6 Å². The summed E-state index contributed by atoms with van der Waals surface area (Å²) in [5.41, 5.74) is 0.0481. The number of halogens is 1. The van der Waals surface area contributed by atoms with Crippen molar-refractivity contribution in [2.24, 2.45) is 28.2 Å². The van der Waals surface area contributed by atoms with E-state index in [1.165, 1.54) is 32.8 Å². The van der Waals surface area contributed by atoms with Gasteiger partial charge in [-0.05, 0) is 36.1 Å². The molecule has 10 nitrogen and oxygen atoms in total. The van der Waals surface area contributed by atoms with Gasteiger partial charge in [-0.15, -0.1) is 0 Å². The van der Waals surface area contributed by atoms with Crippen molar-refractivity contribution in [1.29, 1.82) is 0 Å². The molecule has 0 unspecified atom stereocenters. The average molecular weight is 537 g/mol. The zero-order valence-electron chi connectivity index (χ0n) is 21.2. The van der Waals surface area contributed by atoms with E-state index in [1.807, 2.05) is 30.3 Å². The number of ether oxygens (including phenoxy) is 1. The molecule has 1 N–H and O–H groups in total. The first-order chi connectivity index (χ1) is 18.0. The van der Waals surface area contributed by atoms with E-state index in [-0.39, 0.29) is 23.4 Å². The lowest BCUT2D eigenvalue weighted by Crippen LogP contribution is -2.42. The second-order valence-corrected chi connectivity index (χ2v) is 9.84. The first-order valence-electron chi connectivity index (χ1n) is 11.8. The number of hydrogen-bond donors (Lipinski definition) is 1. The minimum atomic E-state index is -0.762. The summed E-state index contributed by atoms with van der Waals surface area (Å²) in [7, 11) is 5.55. The van der Waals surface area contributed by atoms with E-state index in [9.17, 15) is 24.3 Å². The summed E-state index contributed by atoms with van der Waals surface area (Å²) in [6, 6.07) is 13.0. The van der Waals surface area contributed by atoms with E-state index in [0.29, 0.717) is 22.8 Å². The molecule has 0 saturated carbocycles. The fourth-order valence-electron chi connectivity index (χ4n) is 4.97. The van der Waals surface area contributed by atoms with Gasteiger partial charge in [-0.25, -0.2) is 9.59 Å². The molecule has 3 heterocycles. The quantitative estimate of drug-likeness (QED) is 0.426. The average Bonchev–Trinajstić information content (AvgIpc) is 2.91. The van der Waals surface area contributed by atoms with E-state index in [2.05, 4.69) is 0 Å². The Morgan fingerprint density at radius 2 is 1.53 bits per heavy atom. The molecule has 1 aliphatic rings. The minimum absolute atomic E-state index is 0.0363. The first-order valence-corrected chi connectivity index (χ1v) is 12.2. The molecule has 38 heavy (non-hydrogen) atoms. The van der Waals surface area contributed by atoms with Crippen LogP contribution in [-0.2, 0) is 41.0 Å². The number of nitrogens with zero attached hydrogens (tertiary/aromatic N) is 4. The molecule has 0 bridgehead atoms. The van der Waals surface area contributed by atoms with Crippen molar-refractivity contribution in [3.8, 4) is 17.5 Å². The molecule has 196 valence electrons. The van der Waals surface area contributed by atoms with Gasteiger partial charge < -0.3 is 9.84 Å². The molecule has 1 atom stereocenters. The highest BCUT2D eigenvalue weighted by atomic mass is 35.5. The van der Waals surface area contributed by atoms with Crippen molar-refractivity contribution < 1.29 is 9.84 Å². The van der Waals surface area contributed by atoms with E-state index in [4.69, 9.17) is 16.3 Å². The molecule has 0 saturated heterocycles. The maximum atomic E-state index is 13.4. The third-order valence-electron chi connectivity index (χ3n) is 7.13. The van der Waals surface area contributed by atoms with Crippen LogP contribution in [0.25, 0.3) is 0 Å². The van der Waals surface area contributed by atoms with Gasteiger partial charge in [-0.2, -0.15) is 0 Å². The molecule has 0 radical (unpaired) electrons. The molecular formula is C27H25ClN4O6. The molecule has 0 aliphatic carbocycles. The van der Waals surface area contributed by atoms with Crippen LogP contribution in [0.2, 0.25) is 5.02 Å². The zero-order chi connectivity index (χ0) is 27.5. The van der Waals surface area contributed by atoms with Crippen LogP contribution in [-0.4, -0.2) is 23.4 Å². The molecule has 2 aromatic carbocycles. The lowest BCUT2D eigenvalue weighted by Gasteiger charge is -2.29. The normalized spacial score (nSPS) is 14.1. The Kier molecular flexibility index (Phi) is 6.15. The Labute approximate surface area is 221 Å². The monoisotopic (exact) mass is 536 g/mol. The number of rotatable bonds is 4. The van der Waals surface area contributed by atoms with Gasteiger partial charge in [-0.3, -0.25) is 27.9 Å². The van der Waals surface area contributed by atoms with Crippen LogP contribution in [0, 0.1) is 0 Å². The summed E-state index contributed by atoms with van der Waals surface area (Å²) in [4.78, 5) is 51.5. The largest absolute Gasteiger partial charge is 0.494 e. The van der Waals surface area contributed by atoms with Crippen LogP contribution in [0.5, 0.6) is 17.5 Å². The van der Waals surface area contributed by atoms with E-state index < -0.39 is 34.3 Å². The van der Waals surface area contributed by atoms with E-state index in [1.54, 1.807) is 12.1 Å². The Hall–Kier alpha value is -4.31. The Morgan fingerprint density at radius 1 is 0.868 bits per heavy atom. The SMILES string of the molecule is Cn1c(O)c(C[C@H]2c3cc(Cc4ccccc4Cl)ccc3Oc3c2c(=O)n(C)c(=O)n3C)c(=O)n(C)c1=O. The van der Waals surface area contributed by atoms with Crippen LogP contribution in [0.3, 0.4) is 0 Å². The van der Waals surface area contributed by atoms with Gasteiger partial charge in [0.2, 0.25) is 11.8 Å². The first kappa shape index (κ1) is 25.3. The number of aromatic nitrogens is 4. The number of aromatic hydroxyl groups is 1. The lowest BCUT2D eigenvalue weighted by atomic mass is 9.84.